The fourth-order valence-corrected chi connectivity index (χ4v) is 1.70. The van der Waals surface area contributed by atoms with E-state index < -0.39 is 29.6 Å². The van der Waals surface area contributed by atoms with Gasteiger partial charge in [-0.3, -0.25) is 10.1 Å². The maximum atomic E-state index is 12.5. The topological polar surface area (TPSA) is 64.6 Å². The van der Waals surface area contributed by atoms with E-state index in [0.717, 1.165) is 6.07 Å². The molecule has 1 aromatic carbocycles. The Morgan fingerprint density at radius 2 is 1.78 bits per heavy atom. The Bertz CT molecular complexity index is 591. The van der Waals surface area contributed by atoms with Crippen LogP contribution in [0.25, 0.3) is 0 Å². The second-order valence-corrected chi connectivity index (χ2v) is 5.63. The number of carbonyl (C=O) groups excluding carboxylic acids is 2. The average molecular weight is 333 g/mol. The highest BCUT2D eigenvalue weighted by atomic mass is 19.4. The van der Waals surface area contributed by atoms with Gasteiger partial charge in [-0.05, 0) is 32.9 Å². The molecule has 0 aliphatic rings. The minimum Gasteiger partial charge on any atom is -0.444 e. The number of nitrogens with one attached hydrogen (secondary N) is 1. The second-order valence-electron chi connectivity index (χ2n) is 5.63. The first-order valence-electron chi connectivity index (χ1n) is 6.85. The van der Waals surface area contributed by atoms with Crippen molar-refractivity contribution in [1.29, 1.82) is 0 Å². The maximum absolute atomic E-state index is 12.5. The van der Waals surface area contributed by atoms with Crippen LogP contribution in [0.1, 0.15) is 44.5 Å². The number of rotatable bonds is 4. The number of Topliss-reactive ketones (excluding diaryl/α,β-unsaturated/α-hetero) is 1. The molecule has 0 fully saturated rings. The van der Waals surface area contributed by atoms with Gasteiger partial charge in [0.1, 0.15) is 5.60 Å². The van der Waals surface area contributed by atoms with Crippen LogP contribution in [0.4, 0.5) is 23.7 Å². The summed E-state index contributed by atoms with van der Waals surface area (Å²) in [4.78, 5) is 23.7. The highest BCUT2D eigenvalue weighted by Crippen LogP contribution is 2.34. The number of hydrogen-bond acceptors (Lipinski definition) is 4. The van der Waals surface area contributed by atoms with Crippen molar-refractivity contribution in [3.8, 4) is 5.75 Å². The summed E-state index contributed by atoms with van der Waals surface area (Å²) in [6.45, 7) is 6.35. The van der Waals surface area contributed by atoms with E-state index in [0.29, 0.717) is 0 Å². The molecule has 0 aromatic heterocycles. The van der Waals surface area contributed by atoms with E-state index in [1.165, 1.54) is 12.1 Å². The van der Waals surface area contributed by atoms with Crippen LogP contribution in [0.3, 0.4) is 0 Å². The van der Waals surface area contributed by atoms with Crippen LogP contribution in [0.2, 0.25) is 0 Å². The number of halogens is 3. The van der Waals surface area contributed by atoms with Crippen molar-refractivity contribution >= 4 is 17.6 Å². The minimum atomic E-state index is -4.96. The second kappa shape index (κ2) is 6.89. The molecule has 5 nitrogen and oxygen atoms in total. The van der Waals surface area contributed by atoms with Gasteiger partial charge in [-0.15, -0.1) is 13.2 Å². The lowest BCUT2D eigenvalue weighted by molar-refractivity contribution is -0.274. The van der Waals surface area contributed by atoms with E-state index in [9.17, 15) is 22.8 Å². The maximum Gasteiger partial charge on any atom is 0.573 e. The molecule has 0 heterocycles. The molecule has 0 aliphatic heterocycles. The summed E-state index contributed by atoms with van der Waals surface area (Å²) in [5.74, 6) is -1.12. The number of alkyl halides is 3. The third kappa shape index (κ3) is 6.17. The number of amides is 1. The fourth-order valence-electron chi connectivity index (χ4n) is 1.70. The largest absolute Gasteiger partial charge is 0.573 e. The van der Waals surface area contributed by atoms with Gasteiger partial charge in [0, 0.05) is 12.0 Å². The van der Waals surface area contributed by atoms with Crippen molar-refractivity contribution in [2.24, 2.45) is 0 Å². The van der Waals surface area contributed by atoms with Gasteiger partial charge in [-0.25, -0.2) is 4.79 Å². The molecule has 128 valence electrons. The molecule has 0 saturated heterocycles. The molecular weight excluding hydrogens is 315 g/mol. The summed E-state index contributed by atoms with van der Waals surface area (Å²) in [5, 5.41) is 2.17. The quantitative estimate of drug-likeness (QED) is 0.823. The zero-order valence-electron chi connectivity index (χ0n) is 13.2. The highest BCUT2D eigenvalue weighted by Gasteiger charge is 2.33. The Labute approximate surface area is 131 Å². The lowest BCUT2D eigenvalue weighted by atomic mass is 10.1. The number of ether oxygens (including phenoxy) is 2. The van der Waals surface area contributed by atoms with Crippen LogP contribution < -0.4 is 10.1 Å². The van der Waals surface area contributed by atoms with Gasteiger partial charge in [-0.2, -0.15) is 0 Å². The monoisotopic (exact) mass is 333 g/mol. The number of hydrogen-bond donors (Lipinski definition) is 1. The number of ketones is 1. The molecule has 0 spiro atoms. The zero-order valence-corrected chi connectivity index (χ0v) is 13.2. The third-order valence-corrected chi connectivity index (χ3v) is 2.50. The predicted octanol–water partition coefficient (Wildman–Crippen LogP) is 4.52. The van der Waals surface area contributed by atoms with Crippen molar-refractivity contribution in [3.05, 3.63) is 23.8 Å². The van der Waals surface area contributed by atoms with E-state index in [-0.39, 0.29) is 17.7 Å². The summed E-state index contributed by atoms with van der Waals surface area (Å²) < 4.78 is 46.4. The highest BCUT2D eigenvalue weighted by molar-refractivity contribution is 6.05. The summed E-state index contributed by atoms with van der Waals surface area (Å²) in [6, 6.07) is 3.55. The Hall–Kier alpha value is -2.25. The van der Waals surface area contributed by atoms with Gasteiger partial charge in [-0.1, -0.05) is 13.0 Å². The summed E-state index contributed by atoms with van der Waals surface area (Å²) >= 11 is 0. The van der Waals surface area contributed by atoms with E-state index in [2.05, 4.69) is 10.1 Å². The molecule has 0 atom stereocenters. The lowest BCUT2D eigenvalue weighted by Crippen LogP contribution is -2.28. The summed E-state index contributed by atoms with van der Waals surface area (Å²) in [6.07, 6.45) is -5.89. The van der Waals surface area contributed by atoms with Crippen LogP contribution in [0.5, 0.6) is 5.75 Å². The van der Waals surface area contributed by atoms with Crippen LogP contribution in [-0.2, 0) is 4.74 Å². The lowest BCUT2D eigenvalue weighted by Gasteiger charge is -2.21. The number of para-hydroxylation sites is 1. The van der Waals surface area contributed by atoms with Crippen LogP contribution >= 0.6 is 0 Å². The standard InChI is InChI=1S/C15H18F3NO4/c1-5-10(20)9-7-6-8-11(22-15(16,17)18)12(9)19-13(21)23-14(2,3)4/h6-8H,5H2,1-4H3,(H,19,21). The molecular formula is C15H18F3NO4. The van der Waals surface area contributed by atoms with E-state index in [1.54, 1.807) is 27.7 Å². The SMILES string of the molecule is CCC(=O)c1cccc(OC(F)(F)F)c1NC(=O)OC(C)(C)C. The van der Waals surface area contributed by atoms with Crippen molar-refractivity contribution in [1.82, 2.24) is 0 Å². The first kappa shape index (κ1) is 18.8. The molecule has 23 heavy (non-hydrogen) atoms. The molecule has 0 bridgehead atoms. The van der Waals surface area contributed by atoms with E-state index in [4.69, 9.17) is 4.74 Å². The Balaban J connectivity index is 3.23. The Morgan fingerprint density at radius 3 is 2.26 bits per heavy atom. The predicted molar refractivity (Wildman–Crippen MR) is 77.6 cm³/mol. The van der Waals surface area contributed by atoms with Gasteiger partial charge in [0.2, 0.25) is 0 Å². The van der Waals surface area contributed by atoms with Crippen LogP contribution in [0, 0.1) is 0 Å². The average Bonchev–Trinajstić information content (AvgIpc) is 2.36. The molecule has 0 saturated carbocycles. The van der Waals surface area contributed by atoms with Crippen molar-refractivity contribution in [2.75, 3.05) is 5.32 Å². The van der Waals surface area contributed by atoms with E-state index in [1.807, 2.05) is 0 Å². The Morgan fingerprint density at radius 1 is 1.17 bits per heavy atom. The molecule has 0 aliphatic carbocycles. The number of anilines is 1. The molecule has 1 N–H and O–H groups in total. The zero-order chi connectivity index (χ0) is 17.8. The van der Waals surface area contributed by atoms with Crippen molar-refractivity contribution in [2.45, 2.75) is 46.1 Å². The normalized spacial score (nSPS) is 11.8. The van der Waals surface area contributed by atoms with Gasteiger partial charge >= 0.3 is 12.5 Å². The third-order valence-electron chi connectivity index (χ3n) is 2.50. The van der Waals surface area contributed by atoms with E-state index >= 15 is 0 Å². The first-order valence-corrected chi connectivity index (χ1v) is 6.85. The smallest absolute Gasteiger partial charge is 0.444 e. The molecule has 1 aromatic rings. The van der Waals surface area contributed by atoms with Crippen molar-refractivity contribution in [3.63, 3.8) is 0 Å². The van der Waals surface area contributed by atoms with Crippen LogP contribution in [0.15, 0.2) is 18.2 Å². The summed E-state index contributed by atoms with van der Waals surface area (Å²) in [7, 11) is 0. The van der Waals surface area contributed by atoms with Gasteiger partial charge in [0.25, 0.3) is 0 Å². The van der Waals surface area contributed by atoms with Crippen molar-refractivity contribution < 1.29 is 32.2 Å². The molecule has 0 radical (unpaired) electrons. The number of carbonyl (C=O) groups is 2. The molecule has 0 unspecified atom stereocenters. The van der Waals surface area contributed by atoms with Gasteiger partial charge in [0.05, 0.1) is 5.69 Å². The fraction of sp³-hybridized carbons (Fsp3) is 0.467. The van der Waals surface area contributed by atoms with Crippen LogP contribution in [-0.4, -0.2) is 23.8 Å². The molecule has 8 heteroatoms. The number of benzene rings is 1. The van der Waals surface area contributed by atoms with Gasteiger partial charge < -0.3 is 9.47 Å². The molecule has 1 rings (SSSR count). The van der Waals surface area contributed by atoms with Gasteiger partial charge in [0.15, 0.2) is 11.5 Å². The molecule has 1 amide bonds. The summed E-state index contributed by atoms with van der Waals surface area (Å²) in [5.41, 5.74) is -1.30. The Kier molecular flexibility index (Phi) is 5.63. The minimum absolute atomic E-state index is 0.0540. The first-order chi connectivity index (χ1) is 10.4.